The molecule has 0 aliphatic rings. The van der Waals surface area contributed by atoms with Crippen molar-refractivity contribution >= 4 is 44.3 Å². The van der Waals surface area contributed by atoms with Gasteiger partial charge >= 0.3 is 0 Å². The first kappa shape index (κ1) is 20.8. The quantitative estimate of drug-likeness (QED) is 0.252. The van der Waals surface area contributed by atoms with E-state index in [1.165, 1.54) is 16.3 Å². The number of nitrogens with zero attached hydrogens (tertiary/aromatic N) is 3. The van der Waals surface area contributed by atoms with Gasteiger partial charge in [-0.3, -0.25) is 0 Å². The monoisotopic (exact) mass is 483 g/mol. The van der Waals surface area contributed by atoms with Gasteiger partial charge in [0.15, 0.2) is 11.6 Å². The molecule has 36 heavy (non-hydrogen) atoms. The average molecular weight is 484 g/mol. The van der Waals surface area contributed by atoms with Gasteiger partial charge in [0, 0.05) is 21.9 Å². The van der Waals surface area contributed by atoms with E-state index in [0.29, 0.717) is 11.6 Å². The molecule has 2 aromatic heterocycles. The predicted molar refractivity (Wildman–Crippen MR) is 146 cm³/mol. The van der Waals surface area contributed by atoms with Gasteiger partial charge in [-0.25, -0.2) is 4.98 Å². The average Bonchev–Trinajstić information content (AvgIpc) is 3.30. The third-order valence-electron chi connectivity index (χ3n) is 6.49. The number of halogens is 1. The van der Waals surface area contributed by atoms with Crippen LogP contribution in [0.2, 0.25) is 5.28 Å². The van der Waals surface area contributed by atoms with E-state index < -0.39 is 0 Å². The Labute approximate surface area is 211 Å². The zero-order chi connectivity index (χ0) is 24.1. The van der Waals surface area contributed by atoms with E-state index in [9.17, 15) is 0 Å². The Bertz CT molecular complexity index is 1900. The summed E-state index contributed by atoms with van der Waals surface area (Å²) in [6.45, 7) is 0. The van der Waals surface area contributed by atoms with Gasteiger partial charge in [0.2, 0.25) is 5.28 Å². The summed E-state index contributed by atoms with van der Waals surface area (Å²) in [7, 11) is 0. The highest BCUT2D eigenvalue weighted by atomic mass is 35.5. The van der Waals surface area contributed by atoms with E-state index in [1.54, 1.807) is 0 Å². The van der Waals surface area contributed by atoms with Gasteiger partial charge in [-0.15, -0.1) is 0 Å². The lowest BCUT2D eigenvalue weighted by Crippen LogP contribution is -1.97. The largest absolute Gasteiger partial charge is 0.456 e. The van der Waals surface area contributed by atoms with Crippen molar-refractivity contribution in [2.24, 2.45) is 0 Å². The number of rotatable bonds is 3. The van der Waals surface area contributed by atoms with Crippen molar-refractivity contribution in [3.63, 3.8) is 0 Å². The van der Waals surface area contributed by atoms with Gasteiger partial charge in [0.1, 0.15) is 11.2 Å². The fraction of sp³-hybridized carbons (Fsp3) is 0. The van der Waals surface area contributed by atoms with Gasteiger partial charge in [-0.2, -0.15) is 9.97 Å². The predicted octanol–water partition coefficient (Wildman–Crippen LogP) is 8.58. The normalized spacial score (nSPS) is 11.5. The van der Waals surface area contributed by atoms with Crippen LogP contribution in [0.25, 0.3) is 66.6 Å². The van der Waals surface area contributed by atoms with E-state index in [4.69, 9.17) is 21.0 Å². The number of furan rings is 1. The summed E-state index contributed by atoms with van der Waals surface area (Å²) in [4.78, 5) is 13.6. The molecule has 0 spiro atoms. The zero-order valence-corrected chi connectivity index (χ0v) is 19.8. The number of benzene rings is 5. The van der Waals surface area contributed by atoms with Gasteiger partial charge in [0.25, 0.3) is 0 Å². The lowest BCUT2D eigenvalue weighted by Gasteiger charge is -2.09. The van der Waals surface area contributed by atoms with E-state index in [1.807, 2.05) is 54.6 Å². The van der Waals surface area contributed by atoms with Crippen LogP contribution in [0, 0.1) is 0 Å². The molecule has 4 nitrogen and oxygen atoms in total. The Kier molecular flexibility index (Phi) is 4.79. The lowest BCUT2D eigenvalue weighted by molar-refractivity contribution is 0.669. The van der Waals surface area contributed by atoms with E-state index in [-0.39, 0.29) is 5.28 Å². The van der Waals surface area contributed by atoms with Crippen LogP contribution in [0.15, 0.2) is 114 Å². The molecule has 0 saturated heterocycles. The van der Waals surface area contributed by atoms with Crippen LogP contribution >= 0.6 is 11.6 Å². The van der Waals surface area contributed by atoms with Gasteiger partial charge < -0.3 is 4.42 Å². The molecular formula is C31H18ClN3O. The Balaban J connectivity index is 1.29. The summed E-state index contributed by atoms with van der Waals surface area (Å²) < 4.78 is 5.96. The number of hydrogen-bond donors (Lipinski definition) is 0. The SMILES string of the molecule is Clc1nc(-c2ccc(-c3cccc4ccccc34)cc2)nc(-c2ccc3oc4ccccc4c3c2)n1. The molecule has 5 aromatic carbocycles. The molecule has 5 heteroatoms. The zero-order valence-electron chi connectivity index (χ0n) is 19.0. The molecule has 7 rings (SSSR count). The van der Waals surface area contributed by atoms with Crippen molar-refractivity contribution in [2.45, 2.75) is 0 Å². The number of hydrogen-bond acceptors (Lipinski definition) is 4. The molecule has 2 heterocycles. The molecular weight excluding hydrogens is 466 g/mol. The highest BCUT2D eigenvalue weighted by Crippen LogP contribution is 2.33. The second-order valence-electron chi connectivity index (χ2n) is 8.66. The van der Waals surface area contributed by atoms with Gasteiger partial charge in [-0.1, -0.05) is 84.9 Å². The first-order valence-corrected chi connectivity index (χ1v) is 12.0. The molecule has 0 atom stereocenters. The third-order valence-corrected chi connectivity index (χ3v) is 6.66. The van der Waals surface area contributed by atoms with Crippen LogP contribution in [0.3, 0.4) is 0 Å². The van der Waals surface area contributed by atoms with Gasteiger partial charge in [0.05, 0.1) is 0 Å². The maximum Gasteiger partial charge on any atom is 0.226 e. The van der Waals surface area contributed by atoms with Crippen molar-refractivity contribution < 1.29 is 4.42 Å². The minimum Gasteiger partial charge on any atom is -0.456 e. The standard InChI is InChI=1S/C31H18ClN3O/c32-31-34-29(21-14-12-20(13-15-21)24-10-5-7-19-6-1-2-8-23(19)24)33-30(35-31)22-16-17-28-26(18-22)25-9-3-4-11-27(25)36-28/h1-18H. The van der Waals surface area contributed by atoms with Crippen molar-refractivity contribution in [1.82, 2.24) is 15.0 Å². The summed E-state index contributed by atoms with van der Waals surface area (Å²) >= 11 is 6.35. The van der Waals surface area contributed by atoms with Crippen molar-refractivity contribution in [3.05, 3.63) is 114 Å². The molecule has 0 amide bonds. The molecule has 0 fully saturated rings. The maximum absolute atomic E-state index is 6.35. The molecule has 0 N–H and O–H groups in total. The Morgan fingerprint density at radius 2 is 1.14 bits per heavy atom. The Hall–Kier alpha value is -4.54. The fourth-order valence-electron chi connectivity index (χ4n) is 4.75. The van der Waals surface area contributed by atoms with Crippen LogP contribution < -0.4 is 0 Å². The minimum absolute atomic E-state index is 0.158. The molecule has 0 radical (unpaired) electrons. The summed E-state index contributed by atoms with van der Waals surface area (Å²) in [5.74, 6) is 1.06. The lowest BCUT2D eigenvalue weighted by atomic mass is 9.97. The van der Waals surface area contributed by atoms with Crippen LogP contribution in [0.4, 0.5) is 0 Å². The maximum atomic E-state index is 6.35. The molecule has 0 bridgehead atoms. The van der Waals surface area contributed by atoms with Crippen molar-refractivity contribution in [2.75, 3.05) is 0 Å². The summed E-state index contributed by atoms with van der Waals surface area (Å²) in [5, 5.41) is 4.67. The number of fused-ring (bicyclic) bond motifs is 4. The summed E-state index contributed by atoms with van der Waals surface area (Å²) in [5.41, 5.74) is 5.73. The highest BCUT2D eigenvalue weighted by molar-refractivity contribution is 6.28. The highest BCUT2D eigenvalue weighted by Gasteiger charge is 2.13. The topological polar surface area (TPSA) is 51.8 Å². The molecule has 170 valence electrons. The first-order valence-electron chi connectivity index (χ1n) is 11.6. The Morgan fingerprint density at radius 3 is 2.00 bits per heavy atom. The first-order chi connectivity index (χ1) is 17.7. The second-order valence-corrected chi connectivity index (χ2v) is 9.00. The van der Waals surface area contributed by atoms with E-state index in [2.05, 4.69) is 64.6 Å². The molecule has 0 unspecified atom stereocenters. The van der Waals surface area contributed by atoms with E-state index >= 15 is 0 Å². The van der Waals surface area contributed by atoms with Gasteiger partial charge in [-0.05, 0) is 57.8 Å². The third kappa shape index (κ3) is 3.51. The number of para-hydroxylation sites is 1. The Morgan fingerprint density at radius 1 is 0.500 bits per heavy atom. The number of aromatic nitrogens is 3. The van der Waals surface area contributed by atoms with Crippen LogP contribution in [-0.4, -0.2) is 15.0 Å². The molecule has 0 saturated carbocycles. The fourth-order valence-corrected chi connectivity index (χ4v) is 4.91. The summed E-state index contributed by atoms with van der Waals surface area (Å²) in [6.07, 6.45) is 0. The second kappa shape index (κ2) is 8.29. The molecule has 0 aliphatic carbocycles. The van der Waals surface area contributed by atoms with Crippen LogP contribution in [0.5, 0.6) is 0 Å². The minimum atomic E-state index is 0.158. The van der Waals surface area contributed by atoms with Crippen LogP contribution in [-0.2, 0) is 0 Å². The molecule has 0 aliphatic heterocycles. The van der Waals surface area contributed by atoms with E-state index in [0.717, 1.165) is 38.6 Å². The smallest absolute Gasteiger partial charge is 0.226 e. The van der Waals surface area contributed by atoms with Crippen LogP contribution in [0.1, 0.15) is 0 Å². The van der Waals surface area contributed by atoms with Crippen molar-refractivity contribution in [1.29, 1.82) is 0 Å². The van der Waals surface area contributed by atoms with Crippen molar-refractivity contribution in [3.8, 4) is 33.9 Å². The summed E-state index contributed by atoms with van der Waals surface area (Å²) in [6, 6.07) is 36.9. The molecule has 7 aromatic rings.